The quantitative estimate of drug-likeness (QED) is 0.735. The van der Waals surface area contributed by atoms with Crippen LogP contribution in [-0.2, 0) is 4.74 Å². The molecule has 112 valence electrons. The summed E-state index contributed by atoms with van der Waals surface area (Å²) in [5, 5.41) is 0. The van der Waals surface area contributed by atoms with E-state index < -0.39 is 18.4 Å². The maximum Gasteiger partial charge on any atom is 0.418 e. The molecule has 1 unspecified atom stereocenters. The van der Waals surface area contributed by atoms with Crippen molar-refractivity contribution in [2.24, 2.45) is 0 Å². The molecule has 0 fully saturated rings. The van der Waals surface area contributed by atoms with E-state index in [2.05, 4.69) is 0 Å². The first kappa shape index (κ1) is 15.6. The first-order valence-corrected chi connectivity index (χ1v) is 6.75. The molecule has 0 N–H and O–H groups in total. The van der Waals surface area contributed by atoms with Gasteiger partial charge in [0.2, 0.25) is 0 Å². The molecule has 0 amide bonds. The molecule has 21 heavy (non-hydrogen) atoms. The Morgan fingerprint density at radius 1 is 0.810 bits per heavy atom. The molecule has 0 heterocycles. The molecular weight excluding hydrogens is 277 g/mol. The van der Waals surface area contributed by atoms with Crippen LogP contribution in [0.4, 0.5) is 13.2 Å². The van der Waals surface area contributed by atoms with Crippen molar-refractivity contribution in [1.82, 2.24) is 0 Å². The standard InChI is InChI=1S/C17H17F3O/c1-12(2)21-16(17(18,19)20)15-10-8-14(9-11-15)13-6-4-3-5-7-13/h3-12,16H,1-2H3. The van der Waals surface area contributed by atoms with Gasteiger partial charge < -0.3 is 4.74 Å². The summed E-state index contributed by atoms with van der Waals surface area (Å²) < 4.78 is 44.2. The Morgan fingerprint density at radius 2 is 1.33 bits per heavy atom. The molecular formula is C17H17F3O. The van der Waals surface area contributed by atoms with Crippen LogP contribution in [0.3, 0.4) is 0 Å². The molecule has 0 radical (unpaired) electrons. The van der Waals surface area contributed by atoms with Crippen molar-refractivity contribution in [2.45, 2.75) is 32.2 Å². The number of rotatable bonds is 4. The Bertz CT molecular complexity index is 559. The normalized spacial score (nSPS) is 13.4. The maximum atomic E-state index is 13.1. The van der Waals surface area contributed by atoms with E-state index >= 15 is 0 Å². The number of hydrogen-bond donors (Lipinski definition) is 0. The van der Waals surface area contributed by atoms with E-state index in [-0.39, 0.29) is 5.56 Å². The summed E-state index contributed by atoms with van der Waals surface area (Å²) >= 11 is 0. The molecule has 0 aliphatic carbocycles. The van der Waals surface area contributed by atoms with Crippen LogP contribution >= 0.6 is 0 Å². The second-order valence-corrected chi connectivity index (χ2v) is 5.09. The van der Waals surface area contributed by atoms with Crippen LogP contribution in [0.2, 0.25) is 0 Å². The predicted molar refractivity (Wildman–Crippen MR) is 76.9 cm³/mol. The molecule has 2 aromatic carbocycles. The van der Waals surface area contributed by atoms with Gasteiger partial charge in [-0.2, -0.15) is 13.2 Å². The van der Waals surface area contributed by atoms with E-state index in [4.69, 9.17) is 4.74 Å². The summed E-state index contributed by atoms with van der Waals surface area (Å²) in [5.74, 6) is 0. The van der Waals surface area contributed by atoms with Crippen LogP contribution in [0, 0.1) is 0 Å². The Hall–Kier alpha value is -1.81. The number of ether oxygens (including phenoxy) is 1. The molecule has 0 aromatic heterocycles. The van der Waals surface area contributed by atoms with Crippen molar-refractivity contribution in [1.29, 1.82) is 0 Å². The number of halogens is 3. The fourth-order valence-corrected chi connectivity index (χ4v) is 2.10. The van der Waals surface area contributed by atoms with Gasteiger partial charge >= 0.3 is 6.18 Å². The van der Waals surface area contributed by atoms with Crippen LogP contribution in [0.1, 0.15) is 25.5 Å². The first-order valence-electron chi connectivity index (χ1n) is 6.75. The van der Waals surface area contributed by atoms with Crippen LogP contribution in [-0.4, -0.2) is 12.3 Å². The van der Waals surface area contributed by atoms with E-state index in [1.807, 2.05) is 30.3 Å². The lowest BCUT2D eigenvalue weighted by atomic mass is 10.0. The van der Waals surface area contributed by atoms with Crippen LogP contribution < -0.4 is 0 Å². The van der Waals surface area contributed by atoms with Gasteiger partial charge in [0, 0.05) is 0 Å². The highest BCUT2D eigenvalue weighted by atomic mass is 19.4. The zero-order chi connectivity index (χ0) is 15.5. The van der Waals surface area contributed by atoms with E-state index in [0.29, 0.717) is 0 Å². The monoisotopic (exact) mass is 294 g/mol. The molecule has 0 aliphatic heterocycles. The topological polar surface area (TPSA) is 9.23 Å². The fraction of sp³-hybridized carbons (Fsp3) is 0.294. The lowest BCUT2D eigenvalue weighted by molar-refractivity contribution is -0.233. The van der Waals surface area contributed by atoms with Crippen molar-refractivity contribution in [3.8, 4) is 11.1 Å². The van der Waals surface area contributed by atoms with Gasteiger partial charge in [-0.3, -0.25) is 0 Å². The third-order valence-electron chi connectivity index (χ3n) is 3.03. The molecule has 4 heteroatoms. The van der Waals surface area contributed by atoms with E-state index in [0.717, 1.165) is 11.1 Å². The van der Waals surface area contributed by atoms with E-state index in [1.165, 1.54) is 12.1 Å². The number of alkyl halides is 3. The zero-order valence-corrected chi connectivity index (χ0v) is 11.9. The highest BCUT2D eigenvalue weighted by molar-refractivity contribution is 5.63. The maximum absolute atomic E-state index is 13.1. The average Bonchev–Trinajstić information content (AvgIpc) is 2.45. The molecule has 0 saturated heterocycles. The van der Waals surface area contributed by atoms with Gasteiger partial charge in [0.1, 0.15) is 0 Å². The van der Waals surface area contributed by atoms with Crippen molar-refractivity contribution in [2.75, 3.05) is 0 Å². The summed E-state index contributed by atoms with van der Waals surface area (Å²) in [6.45, 7) is 3.19. The summed E-state index contributed by atoms with van der Waals surface area (Å²) in [7, 11) is 0. The lowest BCUT2D eigenvalue weighted by Gasteiger charge is -2.23. The Morgan fingerprint density at radius 3 is 1.81 bits per heavy atom. The van der Waals surface area contributed by atoms with Crippen molar-refractivity contribution in [3.63, 3.8) is 0 Å². The molecule has 0 aliphatic rings. The zero-order valence-electron chi connectivity index (χ0n) is 11.9. The fourth-order valence-electron chi connectivity index (χ4n) is 2.10. The van der Waals surface area contributed by atoms with Gasteiger partial charge in [-0.1, -0.05) is 54.6 Å². The second-order valence-electron chi connectivity index (χ2n) is 5.09. The second kappa shape index (κ2) is 6.31. The predicted octanol–water partition coefficient (Wildman–Crippen LogP) is 5.38. The van der Waals surface area contributed by atoms with Gasteiger partial charge in [0.05, 0.1) is 6.10 Å². The molecule has 0 saturated carbocycles. The number of hydrogen-bond acceptors (Lipinski definition) is 1. The van der Waals surface area contributed by atoms with Crippen molar-refractivity contribution in [3.05, 3.63) is 60.2 Å². The molecule has 2 rings (SSSR count). The van der Waals surface area contributed by atoms with Gasteiger partial charge in [-0.15, -0.1) is 0 Å². The van der Waals surface area contributed by atoms with Gasteiger partial charge in [0.15, 0.2) is 6.10 Å². The minimum absolute atomic E-state index is 0.121. The minimum Gasteiger partial charge on any atom is -0.361 e. The molecule has 1 atom stereocenters. The summed E-state index contributed by atoms with van der Waals surface area (Å²) in [4.78, 5) is 0. The lowest BCUT2D eigenvalue weighted by Crippen LogP contribution is -2.26. The van der Waals surface area contributed by atoms with Gasteiger partial charge in [-0.05, 0) is 30.5 Å². The summed E-state index contributed by atoms with van der Waals surface area (Å²) in [6.07, 6.45) is -6.80. The Kier molecular flexibility index (Phi) is 4.68. The smallest absolute Gasteiger partial charge is 0.361 e. The number of benzene rings is 2. The van der Waals surface area contributed by atoms with Crippen molar-refractivity contribution >= 4 is 0 Å². The van der Waals surface area contributed by atoms with Crippen LogP contribution in [0.5, 0.6) is 0 Å². The average molecular weight is 294 g/mol. The first-order chi connectivity index (χ1) is 9.88. The minimum atomic E-state index is -4.42. The molecule has 1 nitrogen and oxygen atoms in total. The Labute approximate surface area is 122 Å². The highest BCUT2D eigenvalue weighted by Crippen LogP contribution is 2.37. The van der Waals surface area contributed by atoms with Crippen LogP contribution in [0.25, 0.3) is 11.1 Å². The van der Waals surface area contributed by atoms with Gasteiger partial charge in [0.25, 0.3) is 0 Å². The van der Waals surface area contributed by atoms with Crippen LogP contribution in [0.15, 0.2) is 54.6 Å². The molecule has 2 aromatic rings. The third-order valence-corrected chi connectivity index (χ3v) is 3.03. The molecule has 0 bridgehead atoms. The summed E-state index contributed by atoms with van der Waals surface area (Å²) in [5.41, 5.74) is 1.97. The molecule has 0 spiro atoms. The third kappa shape index (κ3) is 4.08. The van der Waals surface area contributed by atoms with E-state index in [9.17, 15) is 13.2 Å². The van der Waals surface area contributed by atoms with E-state index in [1.54, 1.807) is 26.0 Å². The highest BCUT2D eigenvalue weighted by Gasteiger charge is 2.42. The van der Waals surface area contributed by atoms with Gasteiger partial charge in [-0.25, -0.2) is 0 Å². The SMILES string of the molecule is CC(C)OC(c1ccc(-c2ccccc2)cc1)C(F)(F)F. The van der Waals surface area contributed by atoms with Crippen molar-refractivity contribution < 1.29 is 17.9 Å². The largest absolute Gasteiger partial charge is 0.418 e. The Balaban J connectivity index is 2.28. The summed E-state index contributed by atoms with van der Waals surface area (Å²) in [6, 6.07) is 15.8.